The fraction of sp³-hybridized carbons (Fsp3) is 0.625. The minimum absolute atomic E-state index is 0.189. The van der Waals surface area contributed by atoms with Crippen LogP contribution in [0.3, 0.4) is 0 Å². The van der Waals surface area contributed by atoms with Gasteiger partial charge in [-0.25, -0.2) is 4.98 Å². The highest BCUT2D eigenvalue weighted by Gasteiger charge is 2.33. The molecule has 7 heteroatoms. The van der Waals surface area contributed by atoms with Crippen molar-refractivity contribution in [2.45, 2.75) is 13.8 Å². The SMILES string of the molecule is CCOP(=O)(OCC)c1ncoc1NC. The minimum Gasteiger partial charge on any atom is -0.427 e. The zero-order valence-electron chi connectivity index (χ0n) is 9.02. The van der Waals surface area contributed by atoms with E-state index in [1.165, 1.54) is 6.39 Å². The summed E-state index contributed by atoms with van der Waals surface area (Å²) in [7, 11) is -1.70. The fourth-order valence-electron chi connectivity index (χ4n) is 1.11. The summed E-state index contributed by atoms with van der Waals surface area (Å²) < 4.78 is 27.5. The van der Waals surface area contributed by atoms with Crippen molar-refractivity contribution in [2.24, 2.45) is 0 Å². The highest BCUT2D eigenvalue weighted by Crippen LogP contribution is 2.48. The van der Waals surface area contributed by atoms with Gasteiger partial charge in [0.25, 0.3) is 0 Å². The first-order valence-electron chi connectivity index (χ1n) is 4.68. The monoisotopic (exact) mass is 234 g/mol. The molecule has 0 spiro atoms. The second-order valence-electron chi connectivity index (χ2n) is 2.59. The van der Waals surface area contributed by atoms with Crippen LogP contribution in [0.2, 0.25) is 0 Å². The Balaban J connectivity index is 3.03. The summed E-state index contributed by atoms with van der Waals surface area (Å²) in [5.74, 6) is 0.306. The van der Waals surface area contributed by atoms with Crippen molar-refractivity contribution >= 4 is 18.9 Å². The smallest absolute Gasteiger partial charge is 0.385 e. The molecule has 0 amide bonds. The molecular formula is C8H15N2O4P. The van der Waals surface area contributed by atoms with Crippen molar-refractivity contribution in [2.75, 3.05) is 25.6 Å². The zero-order valence-corrected chi connectivity index (χ0v) is 9.91. The maximum Gasteiger partial charge on any atom is 0.385 e. The van der Waals surface area contributed by atoms with E-state index in [0.29, 0.717) is 5.88 Å². The molecule has 0 aliphatic rings. The van der Waals surface area contributed by atoms with Crippen molar-refractivity contribution in [3.05, 3.63) is 6.39 Å². The summed E-state index contributed by atoms with van der Waals surface area (Å²) >= 11 is 0. The summed E-state index contributed by atoms with van der Waals surface area (Å²) in [4.78, 5) is 3.85. The van der Waals surface area contributed by atoms with E-state index < -0.39 is 7.60 Å². The maximum atomic E-state index is 12.2. The van der Waals surface area contributed by atoms with Gasteiger partial charge in [-0.3, -0.25) is 4.57 Å². The van der Waals surface area contributed by atoms with Crippen LogP contribution in [0.5, 0.6) is 0 Å². The Morgan fingerprint density at radius 2 is 2.07 bits per heavy atom. The summed E-state index contributed by atoms with van der Waals surface area (Å²) in [6.07, 6.45) is 1.20. The summed E-state index contributed by atoms with van der Waals surface area (Å²) in [6, 6.07) is 0. The van der Waals surface area contributed by atoms with E-state index in [9.17, 15) is 4.57 Å². The van der Waals surface area contributed by atoms with Gasteiger partial charge in [0.2, 0.25) is 11.3 Å². The first kappa shape index (κ1) is 12.2. The maximum absolute atomic E-state index is 12.2. The van der Waals surface area contributed by atoms with Gasteiger partial charge in [0, 0.05) is 7.05 Å². The van der Waals surface area contributed by atoms with Gasteiger partial charge < -0.3 is 18.8 Å². The number of hydrogen-bond donors (Lipinski definition) is 1. The Labute approximate surface area is 88.5 Å². The fourth-order valence-corrected chi connectivity index (χ4v) is 2.71. The lowest BCUT2D eigenvalue weighted by Crippen LogP contribution is -2.15. The van der Waals surface area contributed by atoms with E-state index in [1.54, 1.807) is 20.9 Å². The summed E-state index contributed by atoms with van der Waals surface area (Å²) in [5.41, 5.74) is 0.189. The average molecular weight is 234 g/mol. The number of nitrogens with zero attached hydrogens (tertiary/aromatic N) is 1. The quantitative estimate of drug-likeness (QED) is 0.754. The van der Waals surface area contributed by atoms with E-state index in [4.69, 9.17) is 13.5 Å². The van der Waals surface area contributed by atoms with Crippen molar-refractivity contribution in [1.82, 2.24) is 4.98 Å². The molecule has 0 bridgehead atoms. The van der Waals surface area contributed by atoms with Crippen LogP contribution in [0.25, 0.3) is 0 Å². The summed E-state index contributed by atoms with van der Waals surface area (Å²) in [5, 5.41) is 2.74. The van der Waals surface area contributed by atoms with E-state index in [0.717, 1.165) is 0 Å². The highest BCUT2D eigenvalue weighted by molar-refractivity contribution is 7.62. The lowest BCUT2D eigenvalue weighted by atomic mass is 10.8. The van der Waals surface area contributed by atoms with Gasteiger partial charge in [0.1, 0.15) is 0 Å². The van der Waals surface area contributed by atoms with Crippen LogP contribution in [0.4, 0.5) is 5.88 Å². The van der Waals surface area contributed by atoms with Gasteiger partial charge in [-0.15, -0.1) is 0 Å². The van der Waals surface area contributed by atoms with Crippen molar-refractivity contribution in [3.8, 4) is 0 Å². The zero-order chi connectivity index (χ0) is 11.3. The predicted molar refractivity (Wildman–Crippen MR) is 56.5 cm³/mol. The molecule has 0 aliphatic carbocycles. The Hall–Kier alpha value is -0.840. The Morgan fingerprint density at radius 1 is 1.47 bits per heavy atom. The van der Waals surface area contributed by atoms with Crippen molar-refractivity contribution in [1.29, 1.82) is 0 Å². The van der Waals surface area contributed by atoms with Crippen LogP contribution in [-0.2, 0) is 13.6 Å². The Morgan fingerprint density at radius 3 is 2.53 bits per heavy atom. The Bertz CT molecular complexity index is 342. The number of anilines is 1. The van der Waals surface area contributed by atoms with Crippen LogP contribution in [-0.4, -0.2) is 25.2 Å². The van der Waals surface area contributed by atoms with Gasteiger partial charge in [-0.2, -0.15) is 0 Å². The molecule has 1 aromatic heterocycles. The molecule has 15 heavy (non-hydrogen) atoms. The minimum atomic E-state index is -3.35. The topological polar surface area (TPSA) is 73.6 Å². The lowest BCUT2D eigenvalue weighted by molar-refractivity contribution is 0.229. The first-order valence-corrected chi connectivity index (χ1v) is 6.23. The second kappa shape index (κ2) is 5.30. The van der Waals surface area contributed by atoms with Crippen molar-refractivity contribution < 1.29 is 18.0 Å². The third kappa shape index (κ3) is 2.59. The van der Waals surface area contributed by atoms with Crippen LogP contribution < -0.4 is 10.8 Å². The number of rotatable bonds is 6. The molecule has 0 aliphatic heterocycles. The molecule has 1 rings (SSSR count). The highest BCUT2D eigenvalue weighted by atomic mass is 31.2. The van der Waals surface area contributed by atoms with Crippen molar-refractivity contribution in [3.63, 3.8) is 0 Å². The van der Waals surface area contributed by atoms with E-state index in [-0.39, 0.29) is 18.6 Å². The van der Waals surface area contributed by atoms with Gasteiger partial charge in [-0.1, -0.05) is 0 Å². The molecule has 0 unspecified atom stereocenters. The molecule has 1 heterocycles. The largest absolute Gasteiger partial charge is 0.427 e. The van der Waals surface area contributed by atoms with Gasteiger partial charge in [0.05, 0.1) is 13.2 Å². The molecule has 0 atom stereocenters. The molecular weight excluding hydrogens is 219 g/mol. The normalized spacial score (nSPS) is 11.7. The standard InChI is InChI=1S/C8H15N2O4P/c1-4-13-15(11,14-5-2)8-7(9-3)12-6-10-8/h6,9H,4-5H2,1-3H3. The number of nitrogens with one attached hydrogen (secondary N) is 1. The van der Waals surface area contributed by atoms with Gasteiger partial charge in [0.15, 0.2) is 6.39 Å². The third-order valence-electron chi connectivity index (χ3n) is 1.63. The molecule has 6 nitrogen and oxygen atoms in total. The second-order valence-corrected chi connectivity index (χ2v) is 4.52. The van der Waals surface area contributed by atoms with Gasteiger partial charge >= 0.3 is 7.60 Å². The molecule has 0 fully saturated rings. The van der Waals surface area contributed by atoms with Crippen LogP contribution in [0, 0.1) is 0 Å². The van der Waals surface area contributed by atoms with E-state index in [1.807, 2.05) is 0 Å². The van der Waals surface area contributed by atoms with E-state index in [2.05, 4.69) is 10.3 Å². The molecule has 0 saturated carbocycles. The van der Waals surface area contributed by atoms with Gasteiger partial charge in [-0.05, 0) is 13.8 Å². The first-order chi connectivity index (χ1) is 7.18. The summed E-state index contributed by atoms with van der Waals surface area (Å²) in [6.45, 7) is 4.05. The third-order valence-corrected chi connectivity index (χ3v) is 3.67. The molecule has 1 aromatic rings. The molecule has 0 radical (unpaired) electrons. The van der Waals surface area contributed by atoms with Crippen LogP contribution >= 0.6 is 7.60 Å². The molecule has 1 N–H and O–H groups in total. The number of oxazole rings is 1. The number of aromatic nitrogens is 1. The predicted octanol–water partition coefficient (Wildman–Crippen LogP) is 1.61. The van der Waals surface area contributed by atoms with E-state index >= 15 is 0 Å². The number of hydrogen-bond acceptors (Lipinski definition) is 6. The molecule has 86 valence electrons. The average Bonchev–Trinajstić information content (AvgIpc) is 2.66. The van der Waals surface area contributed by atoms with Crippen LogP contribution in [0.1, 0.15) is 13.8 Å². The Kier molecular flexibility index (Phi) is 4.32. The lowest BCUT2D eigenvalue weighted by Gasteiger charge is -2.14. The molecule has 0 aromatic carbocycles. The van der Waals surface area contributed by atoms with Crippen LogP contribution in [0.15, 0.2) is 10.8 Å². The molecule has 0 saturated heterocycles.